The number of anilines is 1. The van der Waals surface area contributed by atoms with Crippen LogP contribution in [-0.2, 0) is 17.8 Å². The van der Waals surface area contributed by atoms with Crippen molar-refractivity contribution in [3.8, 4) is 17.2 Å². The Hall–Kier alpha value is -2.94. The van der Waals surface area contributed by atoms with Crippen molar-refractivity contribution in [1.82, 2.24) is 4.90 Å². The zero-order valence-corrected chi connectivity index (χ0v) is 16.9. The van der Waals surface area contributed by atoms with Crippen LogP contribution in [-0.4, -0.2) is 44.0 Å². The third kappa shape index (κ3) is 5.15. The van der Waals surface area contributed by atoms with Gasteiger partial charge in [0, 0.05) is 18.8 Å². The maximum absolute atomic E-state index is 12.7. The van der Waals surface area contributed by atoms with Crippen LogP contribution in [0.1, 0.15) is 18.1 Å². The third-order valence-corrected chi connectivity index (χ3v) is 5.03. The minimum Gasteiger partial charge on any atom is -0.493 e. The van der Waals surface area contributed by atoms with Crippen molar-refractivity contribution in [3.05, 3.63) is 47.5 Å². The van der Waals surface area contributed by atoms with Crippen LogP contribution >= 0.6 is 0 Å². The zero-order valence-electron chi connectivity index (χ0n) is 16.9. The fourth-order valence-corrected chi connectivity index (χ4v) is 3.39. The van der Waals surface area contributed by atoms with Crippen LogP contribution in [0.25, 0.3) is 0 Å². The molecule has 3 rings (SSSR count). The van der Waals surface area contributed by atoms with E-state index in [0.717, 1.165) is 29.7 Å². The minimum atomic E-state index is -4.75. The fraction of sp³-hybridized carbons (Fsp3) is 0.381. The SMILES string of the molecule is COc1cc2c(cc1OC)CN(C(C)C(=O)Nc1ccc(OC(F)(F)F)cc1)CC2. The molecule has 2 aromatic rings. The van der Waals surface area contributed by atoms with E-state index in [1.54, 1.807) is 21.1 Å². The Morgan fingerprint density at radius 2 is 1.67 bits per heavy atom. The van der Waals surface area contributed by atoms with Gasteiger partial charge in [-0.05, 0) is 60.9 Å². The van der Waals surface area contributed by atoms with Gasteiger partial charge in [-0.25, -0.2) is 0 Å². The molecule has 0 saturated carbocycles. The van der Waals surface area contributed by atoms with Crippen molar-refractivity contribution in [2.24, 2.45) is 0 Å². The molecule has 1 amide bonds. The molecule has 0 radical (unpaired) electrons. The van der Waals surface area contributed by atoms with Gasteiger partial charge >= 0.3 is 6.36 Å². The lowest BCUT2D eigenvalue weighted by Gasteiger charge is -2.33. The lowest BCUT2D eigenvalue weighted by atomic mass is 9.97. The number of fused-ring (bicyclic) bond motifs is 1. The highest BCUT2D eigenvalue weighted by Gasteiger charge is 2.31. The molecule has 1 aliphatic heterocycles. The van der Waals surface area contributed by atoms with Gasteiger partial charge in [-0.3, -0.25) is 9.69 Å². The normalized spacial score (nSPS) is 15.1. The molecule has 1 unspecified atom stereocenters. The molecule has 9 heteroatoms. The summed E-state index contributed by atoms with van der Waals surface area (Å²) in [6, 6.07) is 8.50. The van der Waals surface area contributed by atoms with Crippen molar-refractivity contribution in [3.63, 3.8) is 0 Å². The Morgan fingerprint density at radius 3 is 2.23 bits per heavy atom. The number of rotatable bonds is 6. The van der Waals surface area contributed by atoms with Gasteiger partial charge in [0.2, 0.25) is 5.91 Å². The molecule has 6 nitrogen and oxygen atoms in total. The molecule has 1 heterocycles. The predicted octanol–water partition coefficient (Wildman–Crippen LogP) is 3.99. The van der Waals surface area contributed by atoms with Crippen molar-refractivity contribution < 1.29 is 32.2 Å². The smallest absolute Gasteiger partial charge is 0.493 e. The number of benzene rings is 2. The second-order valence-corrected chi connectivity index (χ2v) is 6.93. The molecule has 0 aromatic heterocycles. The van der Waals surface area contributed by atoms with Gasteiger partial charge in [0.25, 0.3) is 0 Å². The van der Waals surface area contributed by atoms with Gasteiger partial charge in [-0.15, -0.1) is 13.2 Å². The number of halogens is 3. The number of carbonyl (C=O) groups is 1. The Morgan fingerprint density at radius 1 is 1.07 bits per heavy atom. The van der Waals surface area contributed by atoms with Crippen molar-refractivity contribution in [1.29, 1.82) is 0 Å². The van der Waals surface area contributed by atoms with E-state index in [4.69, 9.17) is 9.47 Å². The molecule has 30 heavy (non-hydrogen) atoms. The van der Waals surface area contributed by atoms with E-state index in [1.807, 2.05) is 17.0 Å². The van der Waals surface area contributed by atoms with E-state index < -0.39 is 12.4 Å². The standard InChI is InChI=1S/C21H23F3N2O4/c1-13(20(27)25-16-4-6-17(7-5-16)30-21(22,23)24)26-9-8-14-10-18(28-2)19(29-3)11-15(14)12-26/h4-7,10-11,13H,8-9,12H2,1-3H3,(H,25,27). The van der Waals surface area contributed by atoms with Gasteiger partial charge in [-0.2, -0.15) is 0 Å². The Labute approximate surface area is 172 Å². The van der Waals surface area contributed by atoms with E-state index in [2.05, 4.69) is 10.1 Å². The first kappa shape index (κ1) is 21.8. The Bertz CT molecular complexity index is 900. The van der Waals surface area contributed by atoms with Crippen LogP contribution < -0.4 is 19.5 Å². The Balaban J connectivity index is 1.64. The molecule has 162 valence electrons. The highest BCUT2D eigenvalue weighted by atomic mass is 19.4. The average Bonchev–Trinajstić information content (AvgIpc) is 2.72. The average molecular weight is 424 g/mol. The number of ether oxygens (including phenoxy) is 3. The molecule has 1 aliphatic rings. The molecule has 2 aromatic carbocycles. The highest BCUT2D eigenvalue weighted by molar-refractivity contribution is 5.94. The summed E-state index contributed by atoms with van der Waals surface area (Å²) in [6.07, 6.45) is -3.99. The molecule has 0 bridgehead atoms. The van der Waals surface area contributed by atoms with E-state index in [-0.39, 0.29) is 11.7 Å². The van der Waals surface area contributed by atoms with Crippen LogP contribution in [0.2, 0.25) is 0 Å². The van der Waals surface area contributed by atoms with Gasteiger partial charge in [0.1, 0.15) is 5.75 Å². The zero-order chi connectivity index (χ0) is 21.9. The van der Waals surface area contributed by atoms with E-state index in [0.29, 0.717) is 30.3 Å². The highest BCUT2D eigenvalue weighted by Crippen LogP contribution is 2.33. The van der Waals surface area contributed by atoms with Gasteiger partial charge in [0.05, 0.1) is 20.3 Å². The summed E-state index contributed by atoms with van der Waals surface area (Å²) in [5, 5.41) is 2.73. The van der Waals surface area contributed by atoms with Crippen LogP contribution in [0.5, 0.6) is 17.2 Å². The summed E-state index contributed by atoms with van der Waals surface area (Å²) < 4.78 is 51.3. The van der Waals surface area contributed by atoms with E-state index in [1.165, 1.54) is 12.1 Å². The van der Waals surface area contributed by atoms with Gasteiger partial charge in [0.15, 0.2) is 11.5 Å². The lowest BCUT2D eigenvalue weighted by molar-refractivity contribution is -0.274. The van der Waals surface area contributed by atoms with Crippen LogP contribution in [0.15, 0.2) is 36.4 Å². The van der Waals surface area contributed by atoms with Gasteiger partial charge in [-0.1, -0.05) is 0 Å². The summed E-state index contributed by atoms with van der Waals surface area (Å²) in [5.74, 6) is 0.721. The summed E-state index contributed by atoms with van der Waals surface area (Å²) in [4.78, 5) is 14.7. The number of nitrogens with zero attached hydrogens (tertiary/aromatic N) is 1. The van der Waals surface area contributed by atoms with Crippen LogP contribution in [0, 0.1) is 0 Å². The molecule has 0 spiro atoms. The monoisotopic (exact) mass is 424 g/mol. The molecular formula is C21H23F3N2O4. The van der Waals surface area contributed by atoms with Gasteiger partial charge < -0.3 is 19.5 Å². The summed E-state index contributed by atoms with van der Waals surface area (Å²) in [7, 11) is 3.17. The maximum Gasteiger partial charge on any atom is 0.573 e. The van der Waals surface area contributed by atoms with Crippen molar-refractivity contribution in [2.45, 2.75) is 32.3 Å². The number of methoxy groups -OCH3 is 2. The first-order valence-electron chi connectivity index (χ1n) is 9.34. The quantitative estimate of drug-likeness (QED) is 0.760. The number of carbonyl (C=O) groups excluding carboxylic acids is 1. The lowest BCUT2D eigenvalue weighted by Crippen LogP contribution is -2.44. The molecular weight excluding hydrogens is 401 g/mol. The summed E-state index contributed by atoms with van der Waals surface area (Å²) in [6.45, 7) is 3.06. The number of alkyl halides is 3. The predicted molar refractivity (Wildman–Crippen MR) is 105 cm³/mol. The largest absolute Gasteiger partial charge is 0.573 e. The third-order valence-electron chi connectivity index (χ3n) is 5.03. The number of nitrogens with one attached hydrogen (secondary N) is 1. The second-order valence-electron chi connectivity index (χ2n) is 6.93. The summed E-state index contributed by atoms with van der Waals surface area (Å²) in [5.41, 5.74) is 2.61. The summed E-state index contributed by atoms with van der Waals surface area (Å²) >= 11 is 0. The van der Waals surface area contributed by atoms with E-state index in [9.17, 15) is 18.0 Å². The molecule has 1 N–H and O–H groups in total. The molecule has 0 fully saturated rings. The van der Waals surface area contributed by atoms with Crippen molar-refractivity contribution >= 4 is 11.6 Å². The van der Waals surface area contributed by atoms with Crippen LogP contribution in [0.3, 0.4) is 0 Å². The number of amides is 1. The first-order chi connectivity index (χ1) is 14.2. The molecule has 0 saturated heterocycles. The van der Waals surface area contributed by atoms with Crippen LogP contribution in [0.4, 0.5) is 18.9 Å². The maximum atomic E-state index is 12.7. The second kappa shape index (κ2) is 8.83. The first-order valence-corrected chi connectivity index (χ1v) is 9.34. The Kier molecular flexibility index (Phi) is 6.40. The fourth-order valence-electron chi connectivity index (χ4n) is 3.39. The number of hydrogen-bond acceptors (Lipinski definition) is 5. The number of hydrogen-bond donors (Lipinski definition) is 1. The molecule has 0 aliphatic carbocycles. The van der Waals surface area contributed by atoms with Crippen molar-refractivity contribution in [2.75, 3.05) is 26.1 Å². The van der Waals surface area contributed by atoms with E-state index >= 15 is 0 Å². The minimum absolute atomic E-state index is 0.247. The molecule has 1 atom stereocenters. The topological polar surface area (TPSA) is 60.0 Å².